The first-order valence-corrected chi connectivity index (χ1v) is 7.69. The first kappa shape index (κ1) is 15.2. The second kappa shape index (κ2) is 6.57. The van der Waals surface area contributed by atoms with E-state index in [1.165, 1.54) is 6.07 Å². The van der Waals surface area contributed by atoms with Gasteiger partial charge in [0.25, 0.3) is 0 Å². The summed E-state index contributed by atoms with van der Waals surface area (Å²) in [5.74, 6) is 0.444. The molecule has 23 heavy (non-hydrogen) atoms. The van der Waals surface area contributed by atoms with Crippen LogP contribution in [-0.2, 0) is 0 Å². The van der Waals surface area contributed by atoms with Gasteiger partial charge in [-0.1, -0.05) is 49.7 Å². The zero-order chi connectivity index (χ0) is 16.2. The van der Waals surface area contributed by atoms with Crippen molar-refractivity contribution >= 4 is 11.0 Å². The highest BCUT2D eigenvalue weighted by molar-refractivity contribution is 5.86. The van der Waals surface area contributed by atoms with Crippen molar-refractivity contribution in [2.45, 2.75) is 19.8 Å². The lowest BCUT2D eigenvalue weighted by atomic mass is 10.1. The first-order valence-electron chi connectivity index (χ1n) is 7.69. The summed E-state index contributed by atoms with van der Waals surface area (Å²) in [6.45, 7) is 2.48. The fourth-order valence-electron chi connectivity index (χ4n) is 2.43. The number of hydrogen-bond acceptors (Lipinski definition) is 4. The van der Waals surface area contributed by atoms with Gasteiger partial charge in [-0.05, 0) is 18.6 Å². The van der Waals surface area contributed by atoms with Crippen molar-refractivity contribution in [3.8, 4) is 22.8 Å². The van der Waals surface area contributed by atoms with Gasteiger partial charge in [-0.3, -0.25) is 4.79 Å². The molecule has 0 spiro atoms. The predicted octanol–water partition coefficient (Wildman–Crippen LogP) is 4.34. The van der Waals surface area contributed by atoms with Crippen LogP contribution in [-0.4, -0.2) is 11.7 Å². The lowest BCUT2D eigenvalue weighted by Crippen LogP contribution is -2.11. The molecule has 0 atom stereocenters. The molecule has 0 fully saturated rings. The molecular formula is C19H18O4. The Kier molecular flexibility index (Phi) is 4.33. The van der Waals surface area contributed by atoms with Crippen molar-refractivity contribution in [2.75, 3.05) is 6.61 Å². The third kappa shape index (κ3) is 2.93. The van der Waals surface area contributed by atoms with Crippen molar-refractivity contribution in [3.05, 3.63) is 58.8 Å². The zero-order valence-corrected chi connectivity index (χ0v) is 12.9. The van der Waals surface area contributed by atoms with E-state index in [1.807, 2.05) is 30.3 Å². The molecule has 0 radical (unpaired) electrons. The van der Waals surface area contributed by atoms with Gasteiger partial charge in [0.2, 0.25) is 11.2 Å². The van der Waals surface area contributed by atoms with E-state index in [1.54, 1.807) is 12.1 Å². The topological polar surface area (TPSA) is 59.7 Å². The highest BCUT2D eigenvalue weighted by Crippen LogP contribution is 2.33. The van der Waals surface area contributed by atoms with Crippen molar-refractivity contribution in [1.29, 1.82) is 0 Å². The second-order valence-electron chi connectivity index (χ2n) is 5.31. The number of phenolic OH excluding ortho intramolecular Hbond substituents is 1. The van der Waals surface area contributed by atoms with Gasteiger partial charge in [0.05, 0.1) is 6.61 Å². The second-order valence-corrected chi connectivity index (χ2v) is 5.31. The Morgan fingerprint density at radius 1 is 1.09 bits per heavy atom. The minimum Gasteiger partial charge on any atom is -0.507 e. The lowest BCUT2D eigenvalue weighted by molar-refractivity contribution is 0.301. The molecule has 3 aromatic rings. The van der Waals surface area contributed by atoms with Gasteiger partial charge >= 0.3 is 0 Å². The fraction of sp³-hybridized carbons (Fsp3) is 0.211. The van der Waals surface area contributed by atoms with Crippen LogP contribution in [0.25, 0.3) is 22.3 Å². The standard InChI is InChI=1S/C19H18O4/c1-2-3-12-22-19-17(21)16-14(20)10-7-11-15(16)23-18(19)13-8-5-4-6-9-13/h4-11,20H,2-3,12H2,1H3. The Morgan fingerprint density at radius 3 is 2.61 bits per heavy atom. The van der Waals surface area contributed by atoms with Gasteiger partial charge in [-0.25, -0.2) is 0 Å². The van der Waals surface area contributed by atoms with Crippen LogP contribution >= 0.6 is 0 Å². The van der Waals surface area contributed by atoms with Gasteiger partial charge in [0, 0.05) is 5.56 Å². The molecule has 1 N–H and O–H groups in total. The minimum atomic E-state index is -0.348. The molecule has 3 rings (SSSR count). The van der Waals surface area contributed by atoms with E-state index in [-0.39, 0.29) is 22.3 Å². The molecule has 0 amide bonds. The van der Waals surface area contributed by atoms with E-state index in [0.29, 0.717) is 18.0 Å². The van der Waals surface area contributed by atoms with Gasteiger partial charge in [0.1, 0.15) is 16.7 Å². The summed E-state index contributed by atoms with van der Waals surface area (Å²) in [4.78, 5) is 12.8. The van der Waals surface area contributed by atoms with E-state index < -0.39 is 0 Å². The van der Waals surface area contributed by atoms with Crippen molar-refractivity contribution in [3.63, 3.8) is 0 Å². The third-order valence-electron chi connectivity index (χ3n) is 3.64. The van der Waals surface area contributed by atoms with E-state index >= 15 is 0 Å². The largest absolute Gasteiger partial charge is 0.507 e. The average molecular weight is 310 g/mol. The van der Waals surface area contributed by atoms with Crippen LogP contribution in [0.15, 0.2) is 57.7 Å². The Morgan fingerprint density at radius 2 is 1.87 bits per heavy atom. The molecule has 118 valence electrons. The van der Waals surface area contributed by atoms with Gasteiger partial charge in [-0.15, -0.1) is 0 Å². The van der Waals surface area contributed by atoms with Crippen LogP contribution in [0.3, 0.4) is 0 Å². The molecule has 1 heterocycles. The van der Waals surface area contributed by atoms with Gasteiger partial charge in [0.15, 0.2) is 5.76 Å². The predicted molar refractivity (Wildman–Crippen MR) is 90.0 cm³/mol. The summed E-state index contributed by atoms with van der Waals surface area (Å²) in [7, 11) is 0. The maximum Gasteiger partial charge on any atom is 0.239 e. The molecule has 0 saturated heterocycles. The van der Waals surface area contributed by atoms with Crippen LogP contribution in [0.4, 0.5) is 0 Å². The SMILES string of the molecule is CCCCOc1c(-c2ccccc2)oc2cccc(O)c2c1=O. The summed E-state index contributed by atoms with van der Waals surface area (Å²) >= 11 is 0. The van der Waals surface area contributed by atoms with E-state index in [2.05, 4.69) is 6.92 Å². The zero-order valence-electron chi connectivity index (χ0n) is 12.9. The molecular weight excluding hydrogens is 292 g/mol. The number of rotatable bonds is 5. The summed E-state index contributed by atoms with van der Waals surface area (Å²) in [6.07, 6.45) is 1.80. The fourth-order valence-corrected chi connectivity index (χ4v) is 2.43. The smallest absolute Gasteiger partial charge is 0.239 e. The Hall–Kier alpha value is -2.75. The highest BCUT2D eigenvalue weighted by atomic mass is 16.5. The quantitative estimate of drug-likeness (QED) is 0.712. The molecule has 0 unspecified atom stereocenters. The van der Waals surface area contributed by atoms with Crippen LogP contribution in [0.2, 0.25) is 0 Å². The number of hydrogen-bond donors (Lipinski definition) is 1. The van der Waals surface area contributed by atoms with Crippen molar-refractivity contribution in [2.24, 2.45) is 0 Å². The van der Waals surface area contributed by atoms with Crippen molar-refractivity contribution < 1.29 is 14.3 Å². The Bertz CT molecular complexity index is 866. The number of aromatic hydroxyl groups is 1. The molecule has 0 bridgehead atoms. The summed E-state index contributed by atoms with van der Waals surface area (Å²) in [6, 6.07) is 14.1. The normalized spacial score (nSPS) is 10.8. The number of fused-ring (bicyclic) bond motifs is 1. The lowest BCUT2D eigenvalue weighted by Gasteiger charge is -2.11. The van der Waals surface area contributed by atoms with E-state index in [4.69, 9.17) is 9.15 Å². The molecule has 0 saturated carbocycles. The maximum atomic E-state index is 12.8. The van der Waals surface area contributed by atoms with Gasteiger partial charge in [-0.2, -0.15) is 0 Å². The van der Waals surface area contributed by atoms with Crippen LogP contribution in [0, 0.1) is 0 Å². The van der Waals surface area contributed by atoms with Crippen LogP contribution in [0.1, 0.15) is 19.8 Å². The van der Waals surface area contributed by atoms with E-state index in [0.717, 1.165) is 18.4 Å². The Balaban J connectivity index is 2.24. The molecule has 2 aromatic carbocycles. The van der Waals surface area contributed by atoms with Crippen molar-refractivity contribution in [1.82, 2.24) is 0 Å². The first-order chi connectivity index (χ1) is 11.2. The number of phenols is 1. The summed E-state index contributed by atoms with van der Waals surface area (Å²) in [5.41, 5.74) is 0.761. The van der Waals surface area contributed by atoms with E-state index in [9.17, 15) is 9.90 Å². The number of ether oxygens (including phenoxy) is 1. The number of benzene rings is 2. The third-order valence-corrected chi connectivity index (χ3v) is 3.64. The molecule has 0 aliphatic heterocycles. The summed E-state index contributed by atoms with van der Waals surface area (Å²) in [5, 5.41) is 10.1. The minimum absolute atomic E-state index is 0.101. The van der Waals surface area contributed by atoms with Crippen LogP contribution in [0.5, 0.6) is 11.5 Å². The molecule has 0 aliphatic rings. The maximum absolute atomic E-state index is 12.8. The molecule has 0 aliphatic carbocycles. The molecule has 4 nitrogen and oxygen atoms in total. The Labute approximate surface area is 134 Å². The summed E-state index contributed by atoms with van der Waals surface area (Å²) < 4.78 is 11.6. The highest BCUT2D eigenvalue weighted by Gasteiger charge is 2.19. The molecule has 4 heteroatoms. The number of unbranched alkanes of at least 4 members (excludes halogenated alkanes) is 1. The van der Waals surface area contributed by atoms with Crippen LogP contribution < -0.4 is 10.2 Å². The average Bonchev–Trinajstić information content (AvgIpc) is 2.57. The molecule has 1 aromatic heterocycles. The van der Waals surface area contributed by atoms with Gasteiger partial charge < -0.3 is 14.3 Å². The monoisotopic (exact) mass is 310 g/mol.